The largest absolute Gasteiger partial charge is 0.379 e. The molecule has 0 bridgehead atoms. The number of hydrogen-bond donors (Lipinski definition) is 2. The molecule has 1 saturated heterocycles. The molecule has 1 aliphatic rings. The van der Waals surface area contributed by atoms with Crippen molar-refractivity contribution in [3.05, 3.63) is 60.7 Å². The number of nitrogens with zero attached hydrogens (tertiary/aromatic N) is 1. The Labute approximate surface area is 182 Å². The van der Waals surface area contributed by atoms with Crippen molar-refractivity contribution in [3.8, 4) is 0 Å². The zero-order valence-electron chi connectivity index (χ0n) is 18.3. The minimum atomic E-state index is -0.144. The Hall–Kier alpha value is -2.22. The third-order valence-corrected chi connectivity index (χ3v) is 6.80. The number of morpholine rings is 1. The summed E-state index contributed by atoms with van der Waals surface area (Å²) in [6.07, 6.45) is 3.10. The smallest absolute Gasteiger partial charge is 0.253 e. The number of nitrogens with one attached hydrogen (secondary N) is 2. The molecule has 1 aliphatic heterocycles. The number of amides is 1. The first-order valence-corrected chi connectivity index (χ1v) is 11.3. The summed E-state index contributed by atoms with van der Waals surface area (Å²) in [4.78, 5) is 31.4. The van der Waals surface area contributed by atoms with Crippen LogP contribution in [0.15, 0.2) is 22.3 Å². The Balaban J connectivity index is 1.66. The molecule has 0 spiro atoms. The van der Waals surface area contributed by atoms with E-state index in [4.69, 9.17) is 4.74 Å². The van der Waals surface area contributed by atoms with Gasteiger partial charge in [-0.1, -0.05) is 6.08 Å². The number of thiophene rings is 1. The molecule has 0 unspecified atom stereocenters. The molecule has 2 aromatic rings. The standard InChI is InChI=1S/C23H31N3O3S/c1-5-18(6-7-26-8-10-29-11-9-26)21-17(4)20(14-30-21)22(27)24-13-19-15(2)12-16(3)25-23(19)28/h5,12,14H,6-11,13H2,1-4H3,(H,24,27)(H,25,28). The van der Waals surface area contributed by atoms with Crippen molar-refractivity contribution < 1.29 is 9.53 Å². The molecule has 0 atom stereocenters. The number of ether oxygens (including phenoxy) is 1. The van der Waals surface area contributed by atoms with Gasteiger partial charge in [0, 0.05) is 47.7 Å². The van der Waals surface area contributed by atoms with E-state index in [1.807, 2.05) is 32.2 Å². The van der Waals surface area contributed by atoms with Crippen LogP contribution in [0.25, 0.3) is 5.57 Å². The van der Waals surface area contributed by atoms with E-state index >= 15 is 0 Å². The maximum Gasteiger partial charge on any atom is 0.253 e. The lowest BCUT2D eigenvalue weighted by Gasteiger charge is -2.26. The molecular formula is C23H31N3O3S. The van der Waals surface area contributed by atoms with E-state index in [1.54, 1.807) is 11.3 Å². The van der Waals surface area contributed by atoms with Gasteiger partial charge in [-0.2, -0.15) is 0 Å². The normalized spacial score (nSPS) is 15.4. The lowest BCUT2D eigenvalue weighted by molar-refractivity contribution is 0.0390. The third kappa shape index (κ3) is 5.28. The van der Waals surface area contributed by atoms with Crippen molar-refractivity contribution in [2.75, 3.05) is 32.8 Å². The van der Waals surface area contributed by atoms with Crippen LogP contribution in [-0.2, 0) is 11.3 Å². The quantitative estimate of drug-likeness (QED) is 0.707. The molecule has 1 fully saturated rings. The van der Waals surface area contributed by atoms with E-state index in [2.05, 4.69) is 28.2 Å². The minimum Gasteiger partial charge on any atom is -0.379 e. The van der Waals surface area contributed by atoms with Crippen LogP contribution in [0.4, 0.5) is 0 Å². The van der Waals surface area contributed by atoms with E-state index in [0.29, 0.717) is 11.1 Å². The second-order valence-electron chi connectivity index (χ2n) is 7.75. The van der Waals surface area contributed by atoms with E-state index in [1.165, 1.54) is 10.5 Å². The third-order valence-electron chi connectivity index (χ3n) is 5.64. The van der Waals surface area contributed by atoms with Gasteiger partial charge >= 0.3 is 0 Å². The van der Waals surface area contributed by atoms with Crippen molar-refractivity contribution in [2.45, 2.75) is 40.7 Å². The van der Waals surface area contributed by atoms with E-state index in [0.717, 1.165) is 56.1 Å². The first-order chi connectivity index (χ1) is 14.4. The average molecular weight is 430 g/mol. The van der Waals surface area contributed by atoms with E-state index in [9.17, 15) is 9.59 Å². The number of carbonyl (C=O) groups excluding carboxylic acids is 1. The number of rotatable bonds is 7. The van der Waals surface area contributed by atoms with Crippen LogP contribution in [0.1, 0.15) is 51.0 Å². The fourth-order valence-corrected chi connectivity index (χ4v) is 4.99. The van der Waals surface area contributed by atoms with Crippen LogP contribution in [0.2, 0.25) is 0 Å². The summed E-state index contributed by atoms with van der Waals surface area (Å²) < 4.78 is 5.42. The molecule has 3 heterocycles. The molecule has 2 N–H and O–H groups in total. The SMILES string of the molecule is CC=C(CCN1CCOCC1)c1scc(C(=O)NCc2c(C)cc(C)[nH]c2=O)c1C. The van der Waals surface area contributed by atoms with Crippen LogP contribution in [0.3, 0.4) is 0 Å². The Morgan fingerprint density at radius 3 is 2.70 bits per heavy atom. The molecule has 162 valence electrons. The predicted molar refractivity (Wildman–Crippen MR) is 122 cm³/mol. The van der Waals surface area contributed by atoms with Crippen molar-refractivity contribution in [2.24, 2.45) is 0 Å². The van der Waals surface area contributed by atoms with E-state index in [-0.39, 0.29) is 18.0 Å². The zero-order valence-corrected chi connectivity index (χ0v) is 19.1. The number of carbonyl (C=O) groups is 1. The summed E-state index contributed by atoms with van der Waals surface area (Å²) in [6, 6.07) is 1.92. The second kappa shape index (κ2) is 10.2. The Kier molecular flexibility index (Phi) is 7.64. The molecule has 0 saturated carbocycles. The monoisotopic (exact) mass is 429 g/mol. The first kappa shape index (κ1) is 22.5. The molecule has 1 amide bonds. The molecule has 0 radical (unpaired) electrons. The van der Waals surface area contributed by atoms with Crippen molar-refractivity contribution >= 4 is 22.8 Å². The summed E-state index contributed by atoms with van der Waals surface area (Å²) in [7, 11) is 0. The van der Waals surface area contributed by atoms with Gasteiger partial charge in [-0.15, -0.1) is 11.3 Å². The molecule has 0 aromatic carbocycles. The van der Waals surface area contributed by atoms with Gasteiger partial charge < -0.3 is 15.0 Å². The van der Waals surface area contributed by atoms with Gasteiger partial charge in [-0.3, -0.25) is 14.5 Å². The molecular weight excluding hydrogens is 398 g/mol. The number of pyridine rings is 1. The second-order valence-corrected chi connectivity index (χ2v) is 8.63. The number of H-pyrrole nitrogens is 1. The summed E-state index contributed by atoms with van der Waals surface area (Å²) in [5, 5.41) is 4.84. The lowest BCUT2D eigenvalue weighted by Crippen LogP contribution is -2.36. The molecule has 7 heteroatoms. The lowest BCUT2D eigenvalue weighted by atomic mass is 10.0. The highest BCUT2D eigenvalue weighted by atomic mass is 32.1. The molecule has 2 aromatic heterocycles. The molecule has 0 aliphatic carbocycles. The van der Waals surface area contributed by atoms with Gasteiger partial charge in [0.25, 0.3) is 11.5 Å². The summed E-state index contributed by atoms with van der Waals surface area (Å²) in [6.45, 7) is 12.6. The Morgan fingerprint density at radius 2 is 2.03 bits per heavy atom. The van der Waals surface area contributed by atoms with Crippen LogP contribution in [0.5, 0.6) is 0 Å². The number of aryl methyl sites for hydroxylation is 2. The Bertz CT molecular complexity index is 984. The van der Waals surface area contributed by atoms with Crippen molar-refractivity contribution in [1.82, 2.24) is 15.2 Å². The summed E-state index contributed by atoms with van der Waals surface area (Å²) in [5.41, 5.74) is 5.12. The first-order valence-electron chi connectivity index (χ1n) is 10.4. The van der Waals surface area contributed by atoms with Crippen LogP contribution in [0, 0.1) is 20.8 Å². The van der Waals surface area contributed by atoms with Crippen molar-refractivity contribution in [3.63, 3.8) is 0 Å². The topological polar surface area (TPSA) is 74.4 Å². The molecule has 30 heavy (non-hydrogen) atoms. The number of hydrogen-bond acceptors (Lipinski definition) is 5. The fourth-order valence-electron chi connectivity index (χ4n) is 3.81. The van der Waals surface area contributed by atoms with Crippen LogP contribution < -0.4 is 10.9 Å². The van der Waals surface area contributed by atoms with Crippen LogP contribution in [-0.4, -0.2) is 48.6 Å². The highest BCUT2D eigenvalue weighted by Gasteiger charge is 2.18. The van der Waals surface area contributed by atoms with E-state index < -0.39 is 0 Å². The molecule has 6 nitrogen and oxygen atoms in total. The maximum absolute atomic E-state index is 12.8. The van der Waals surface area contributed by atoms with Gasteiger partial charge in [-0.25, -0.2) is 0 Å². The Morgan fingerprint density at radius 1 is 1.30 bits per heavy atom. The van der Waals surface area contributed by atoms with Crippen molar-refractivity contribution in [1.29, 1.82) is 0 Å². The highest BCUT2D eigenvalue weighted by molar-refractivity contribution is 7.11. The molecule has 3 rings (SSSR count). The van der Waals surface area contributed by atoms with Crippen LogP contribution >= 0.6 is 11.3 Å². The highest BCUT2D eigenvalue weighted by Crippen LogP contribution is 2.31. The van der Waals surface area contributed by atoms with Gasteiger partial charge in [0.05, 0.1) is 18.8 Å². The summed E-state index contributed by atoms with van der Waals surface area (Å²) >= 11 is 1.61. The van der Waals surface area contributed by atoms with Gasteiger partial charge in [0.1, 0.15) is 0 Å². The number of aromatic nitrogens is 1. The fraction of sp³-hybridized carbons (Fsp3) is 0.478. The minimum absolute atomic E-state index is 0.141. The number of aromatic amines is 1. The zero-order chi connectivity index (χ0) is 21.7. The van der Waals surface area contributed by atoms with Gasteiger partial charge in [0.2, 0.25) is 0 Å². The number of allylic oxidation sites excluding steroid dienone is 1. The van der Waals surface area contributed by atoms with Gasteiger partial charge in [0.15, 0.2) is 0 Å². The van der Waals surface area contributed by atoms with Gasteiger partial charge in [-0.05, 0) is 56.9 Å². The maximum atomic E-state index is 12.8. The predicted octanol–water partition coefficient (Wildman–Crippen LogP) is 3.42. The summed E-state index contributed by atoms with van der Waals surface area (Å²) in [5.74, 6) is -0.141. The average Bonchev–Trinajstić information content (AvgIpc) is 3.10.